The standard InChI is InChI=1S/C58H35N3/c1-3-16-36(17-4-1)55-59-56(37-18-5-2-6-19-37)61-57(60-55)48-26-15-25-46-40-20-7-8-21-41(40)49-34-38(31-33-47(49)54(46)48)39-30-32-45-44-24-11-14-29-52(44)58(53(45)35-39)50-27-12-9-22-42(50)43-23-10-13-28-51(43)58/h1-35H. The van der Waals surface area contributed by atoms with E-state index in [2.05, 4.69) is 176 Å². The third-order valence-electron chi connectivity index (χ3n) is 13.1. The summed E-state index contributed by atoms with van der Waals surface area (Å²) in [4.78, 5) is 15.4. The molecule has 0 radical (unpaired) electrons. The minimum Gasteiger partial charge on any atom is -0.208 e. The largest absolute Gasteiger partial charge is 0.208 e. The van der Waals surface area contributed by atoms with Crippen LogP contribution in [0.1, 0.15) is 22.3 Å². The molecule has 0 amide bonds. The van der Waals surface area contributed by atoms with Gasteiger partial charge >= 0.3 is 0 Å². The van der Waals surface area contributed by atoms with Crippen LogP contribution in [0.15, 0.2) is 212 Å². The molecular weight excluding hydrogens is 739 g/mol. The molecular formula is C58H35N3. The van der Waals surface area contributed by atoms with Crippen molar-refractivity contribution in [3.8, 4) is 67.5 Å². The Morgan fingerprint density at radius 2 is 0.672 bits per heavy atom. The van der Waals surface area contributed by atoms with Crippen LogP contribution in [0.5, 0.6) is 0 Å². The maximum Gasteiger partial charge on any atom is 0.164 e. The lowest BCUT2D eigenvalue weighted by Gasteiger charge is -2.30. The van der Waals surface area contributed by atoms with E-state index in [1.807, 2.05) is 36.4 Å². The van der Waals surface area contributed by atoms with Crippen LogP contribution >= 0.6 is 0 Å². The maximum atomic E-state index is 5.20. The van der Waals surface area contributed by atoms with Crippen molar-refractivity contribution in [2.45, 2.75) is 5.41 Å². The molecule has 13 rings (SSSR count). The first-order valence-corrected chi connectivity index (χ1v) is 20.9. The van der Waals surface area contributed by atoms with E-state index >= 15 is 0 Å². The number of rotatable bonds is 4. The summed E-state index contributed by atoms with van der Waals surface area (Å²) in [5.41, 5.74) is 15.5. The monoisotopic (exact) mass is 773 g/mol. The molecule has 11 aromatic rings. The molecule has 1 heterocycles. The number of benzene rings is 10. The number of hydrogen-bond acceptors (Lipinski definition) is 3. The quantitative estimate of drug-likeness (QED) is 0.167. The van der Waals surface area contributed by atoms with E-state index in [0.29, 0.717) is 17.5 Å². The third-order valence-corrected chi connectivity index (χ3v) is 13.1. The van der Waals surface area contributed by atoms with Gasteiger partial charge in [0, 0.05) is 22.1 Å². The number of aromatic nitrogens is 3. The maximum absolute atomic E-state index is 5.20. The van der Waals surface area contributed by atoms with Crippen LogP contribution < -0.4 is 0 Å². The molecule has 0 N–H and O–H groups in total. The van der Waals surface area contributed by atoms with Crippen LogP contribution in [0.2, 0.25) is 0 Å². The van der Waals surface area contributed by atoms with Crippen LogP contribution in [-0.4, -0.2) is 15.0 Å². The van der Waals surface area contributed by atoms with Gasteiger partial charge in [-0.2, -0.15) is 0 Å². The topological polar surface area (TPSA) is 38.7 Å². The van der Waals surface area contributed by atoms with Gasteiger partial charge in [-0.3, -0.25) is 0 Å². The van der Waals surface area contributed by atoms with Gasteiger partial charge in [0.15, 0.2) is 17.5 Å². The smallest absolute Gasteiger partial charge is 0.164 e. The predicted octanol–water partition coefficient (Wildman–Crippen LogP) is 14.3. The van der Waals surface area contributed by atoms with Crippen LogP contribution in [0.3, 0.4) is 0 Å². The Morgan fingerprint density at radius 1 is 0.246 bits per heavy atom. The van der Waals surface area contributed by atoms with Gasteiger partial charge in [-0.05, 0) is 94.7 Å². The normalized spacial score (nSPS) is 13.0. The lowest BCUT2D eigenvalue weighted by molar-refractivity contribution is 0.794. The third kappa shape index (κ3) is 4.83. The van der Waals surface area contributed by atoms with Gasteiger partial charge < -0.3 is 0 Å². The minimum absolute atomic E-state index is 0.397. The molecule has 1 spiro atoms. The molecule has 0 bridgehead atoms. The SMILES string of the molecule is c1ccc(-c2nc(-c3ccccc3)nc(-c3cccc4c5ccccc5c5cc(-c6ccc7c(c6)C6(c8ccccc8-c8ccccc86)c6ccccc6-7)ccc5c34)n2)cc1. The van der Waals surface area contributed by atoms with Gasteiger partial charge in [0.25, 0.3) is 0 Å². The van der Waals surface area contributed by atoms with Crippen molar-refractivity contribution in [1.82, 2.24) is 15.0 Å². The molecule has 0 unspecified atom stereocenters. The van der Waals surface area contributed by atoms with Crippen molar-refractivity contribution in [3.63, 3.8) is 0 Å². The fraction of sp³-hybridized carbons (Fsp3) is 0.0172. The minimum atomic E-state index is -0.397. The number of hydrogen-bond donors (Lipinski definition) is 0. The summed E-state index contributed by atoms with van der Waals surface area (Å²) in [7, 11) is 0. The van der Waals surface area contributed by atoms with E-state index in [4.69, 9.17) is 15.0 Å². The molecule has 0 atom stereocenters. The summed E-state index contributed by atoms with van der Waals surface area (Å²) in [5.74, 6) is 1.95. The van der Waals surface area contributed by atoms with Crippen LogP contribution in [0, 0.1) is 0 Å². The van der Waals surface area contributed by atoms with Crippen molar-refractivity contribution < 1.29 is 0 Å². The summed E-state index contributed by atoms with van der Waals surface area (Å²) in [6, 6.07) is 77.0. The van der Waals surface area contributed by atoms with Crippen LogP contribution in [0.25, 0.3) is 99.9 Å². The fourth-order valence-corrected chi connectivity index (χ4v) is 10.6. The molecule has 0 saturated heterocycles. The predicted molar refractivity (Wildman–Crippen MR) is 250 cm³/mol. The Labute approximate surface area is 353 Å². The summed E-state index contributed by atoms with van der Waals surface area (Å²) in [6.07, 6.45) is 0. The average molecular weight is 774 g/mol. The molecule has 3 heteroatoms. The van der Waals surface area contributed by atoms with Gasteiger partial charge in [-0.1, -0.05) is 200 Å². The summed E-state index contributed by atoms with van der Waals surface area (Å²) in [6.45, 7) is 0. The lowest BCUT2D eigenvalue weighted by Crippen LogP contribution is -2.25. The summed E-state index contributed by atoms with van der Waals surface area (Å²) < 4.78 is 0. The van der Waals surface area contributed by atoms with Gasteiger partial charge in [0.05, 0.1) is 5.41 Å². The molecule has 1 aromatic heterocycles. The molecule has 0 aliphatic heterocycles. The van der Waals surface area contributed by atoms with Gasteiger partial charge in [0.2, 0.25) is 0 Å². The zero-order valence-electron chi connectivity index (χ0n) is 33.0. The first-order valence-electron chi connectivity index (χ1n) is 20.9. The molecule has 0 saturated carbocycles. The fourth-order valence-electron chi connectivity index (χ4n) is 10.6. The Bertz CT molecular complexity index is 3470. The number of nitrogens with zero attached hydrogens (tertiary/aromatic N) is 3. The van der Waals surface area contributed by atoms with Crippen molar-refractivity contribution in [3.05, 3.63) is 235 Å². The first kappa shape index (κ1) is 33.9. The zero-order chi connectivity index (χ0) is 40.1. The second-order valence-electron chi connectivity index (χ2n) is 16.2. The molecule has 61 heavy (non-hydrogen) atoms. The molecule has 2 aliphatic rings. The van der Waals surface area contributed by atoms with Crippen LogP contribution in [0.4, 0.5) is 0 Å². The molecule has 10 aromatic carbocycles. The van der Waals surface area contributed by atoms with E-state index in [1.165, 1.54) is 82.6 Å². The molecule has 0 fully saturated rings. The second kappa shape index (κ2) is 13.0. The highest BCUT2D eigenvalue weighted by molar-refractivity contribution is 6.28. The lowest BCUT2D eigenvalue weighted by atomic mass is 9.70. The highest BCUT2D eigenvalue weighted by atomic mass is 15.0. The van der Waals surface area contributed by atoms with E-state index in [1.54, 1.807) is 0 Å². The van der Waals surface area contributed by atoms with Crippen molar-refractivity contribution in [1.29, 1.82) is 0 Å². The highest BCUT2D eigenvalue weighted by Crippen LogP contribution is 2.63. The van der Waals surface area contributed by atoms with Gasteiger partial charge in [-0.15, -0.1) is 0 Å². The summed E-state index contributed by atoms with van der Waals surface area (Å²) in [5, 5.41) is 7.09. The number of fused-ring (bicyclic) bond motifs is 16. The van der Waals surface area contributed by atoms with E-state index in [0.717, 1.165) is 22.1 Å². The second-order valence-corrected chi connectivity index (χ2v) is 16.2. The van der Waals surface area contributed by atoms with Gasteiger partial charge in [-0.25, -0.2) is 15.0 Å². The Morgan fingerprint density at radius 3 is 1.28 bits per heavy atom. The summed E-state index contributed by atoms with van der Waals surface area (Å²) >= 11 is 0. The van der Waals surface area contributed by atoms with Crippen molar-refractivity contribution in [2.75, 3.05) is 0 Å². The average Bonchev–Trinajstić information content (AvgIpc) is 3.81. The van der Waals surface area contributed by atoms with E-state index in [-0.39, 0.29) is 0 Å². The highest BCUT2D eigenvalue weighted by Gasteiger charge is 2.51. The van der Waals surface area contributed by atoms with E-state index in [9.17, 15) is 0 Å². The zero-order valence-corrected chi connectivity index (χ0v) is 33.0. The Balaban J connectivity index is 1.05. The van der Waals surface area contributed by atoms with Crippen molar-refractivity contribution in [2.24, 2.45) is 0 Å². The molecule has 282 valence electrons. The van der Waals surface area contributed by atoms with E-state index < -0.39 is 5.41 Å². The Hall–Kier alpha value is -8.01. The molecule has 2 aliphatic carbocycles. The Kier molecular flexibility index (Phi) is 7.22. The first-order chi connectivity index (χ1) is 30.3. The van der Waals surface area contributed by atoms with Crippen molar-refractivity contribution >= 4 is 32.3 Å². The van der Waals surface area contributed by atoms with Crippen LogP contribution in [-0.2, 0) is 5.41 Å². The van der Waals surface area contributed by atoms with Gasteiger partial charge in [0.1, 0.15) is 0 Å². The molecule has 3 nitrogen and oxygen atoms in total.